The standard InChI is InChI=1S/C60H54N4O.Pt/c1-58(2,3)42-33-34-61-54(35-42)64-50-28-17-16-27-46(50)47-32-31-45(37-53(47)64)65-44-26-20-25-43(36-44)62-39-63(52-30-19-18-29-51(52)62)57-55(40-21-12-10-13-22-40)48(59(4,5)6)38-49(60(7,8)9)56(57)41-23-14-11-15-24-41;/h10-35,38H,1-9H3;/q-2;/i10D,11D,12D,13D,14D,15D,21D,22D,23D,24D;. The van der Waals surface area contributed by atoms with Crippen molar-refractivity contribution in [3.05, 3.63) is 199 Å². The first kappa shape index (κ1) is 33.9. The van der Waals surface area contributed by atoms with E-state index in [2.05, 4.69) is 62.0 Å². The molecular weight excluding hydrogens is 988 g/mol. The summed E-state index contributed by atoms with van der Waals surface area (Å²) in [6.07, 6.45) is 5.39. The first-order valence-corrected chi connectivity index (χ1v) is 21.7. The zero-order valence-corrected chi connectivity index (χ0v) is 40.6. The summed E-state index contributed by atoms with van der Waals surface area (Å²) in [4.78, 5) is 4.82. The van der Waals surface area contributed by atoms with E-state index in [1.165, 1.54) is 0 Å². The molecule has 5 nitrogen and oxygen atoms in total. The minimum absolute atomic E-state index is 0. The van der Waals surface area contributed by atoms with E-state index in [4.69, 9.17) is 17.9 Å². The van der Waals surface area contributed by atoms with Crippen LogP contribution in [0.15, 0.2) is 164 Å². The predicted octanol–water partition coefficient (Wildman–Crippen LogP) is 14.8. The molecule has 10 aromatic rings. The van der Waals surface area contributed by atoms with Gasteiger partial charge in [-0.15, -0.1) is 29.7 Å². The molecule has 0 saturated heterocycles. The Morgan fingerprint density at radius 3 is 1.83 bits per heavy atom. The van der Waals surface area contributed by atoms with E-state index >= 15 is 0 Å². The number of fused-ring (bicyclic) bond motifs is 4. The van der Waals surface area contributed by atoms with E-state index < -0.39 is 71.3 Å². The monoisotopic (exact) mass is 1050 g/mol. The van der Waals surface area contributed by atoms with E-state index in [-0.39, 0.29) is 54.4 Å². The minimum Gasteiger partial charge on any atom is -0.510 e. The Bertz CT molecular complexity index is 3850. The number of hydrogen-bond acceptors (Lipinski definition) is 2. The summed E-state index contributed by atoms with van der Waals surface area (Å²) < 4.78 is 103. The number of rotatable bonds is 7. The Morgan fingerprint density at radius 1 is 0.591 bits per heavy atom. The fraction of sp³-hybridized carbons (Fsp3) is 0.200. The van der Waals surface area contributed by atoms with Crippen molar-refractivity contribution >= 4 is 32.8 Å². The Balaban J connectivity index is 0.00000706. The van der Waals surface area contributed by atoms with Crippen LogP contribution in [0.4, 0.5) is 0 Å². The summed E-state index contributed by atoms with van der Waals surface area (Å²) in [5, 5.41) is 2.02. The maximum atomic E-state index is 9.46. The van der Waals surface area contributed by atoms with Gasteiger partial charge in [0, 0.05) is 44.3 Å². The van der Waals surface area contributed by atoms with E-state index in [9.17, 15) is 5.48 Å². The van der Waals surface area contributed by atoms with Crippen molar-refractivity contribution in [2.45, 2.75) is 78.6 Å². The number of ether oxygens (including phenoxy) is 1. The molecule has 0 saturated carbocycles. The van der Waals surface area contributed by atoms with E-state index in [0.717, 1.165) is 33.2 Å². The van der Waals surface area contributed by atoms with Crippen molar-refractivity contribution in [3.63, 3.8) is 0 Å². The number of hydrogen-bond donors (Lipinski definition) is 0. The molecule has 0 spiro atoms. The van der Waals surface area contributed by atoms with Crippen LogP contribution in [0.1, 0.15) is 92.7 Å². The Morgan fingerprint density at radius 2 is 1.20 bits per heavy atom. The third kappa shape index (κ3) is 8.09. The molecule has 0 N–H and O–H groups in total. The molecule has 0 unspecified atom stereocenters. The molecule has 0 radical (unpaired) electrons. The first-order chi connectivity index (χ1) is 35.3. The molecule has 0 amide bonds. The molecule has 3 heterocycles. The van der Waals surface area contributed by atoms with Crippen molar-refractivity contribution in [2.24, 2.45) is 0 Å². The van der Waals surface area contributed by atoms with Crippen molar-refractivity contribution < 1.29 is 44.1 Å². The van der Waals surface area contributed by atoms with Crippen molar-refractivity contribution in [1.29, 1.82) is 0 Å². The fourth-order valence-corrected chi connectivity index (χ4v) is 8.66. The van der Waals surface area contributed by atoms with Crippen LogP contribution in [-0.4, -0.2) is 14.1 Å². The van der Waals surface area contributed by atoms with Gasteiger partial charge in [-0.05, 0) is 84.5 Å². The fourth-order valence-electron chi connectivity index (χ4n) is 8.66. The number of aromatic nitrogens is 4. The molecule has 3 aromatic heterocycles. The Kier molecular flexibility index (Phi) is 8.73. The summed E-state index contributed by atoms with van der Waals surface area (Å²) in [5.41, 5.74) is 4.57. The smallest absolute Gasteiger partial charge is 0.268 e. The van der Waals surface area contributed by atoms with Gasteiger partial charge in [-0.1, -0.05) is 177 Å². The SMILES string of the molecule is [2H]c1c([2H])c([2H])c(-c2c(C(C)(C)C)cc(C(C)(C)C)c(-c3c([2H])c([2H])c([2H])c([2H])c3[2H])c2-[n+]2[c-]n(-c3[c-]c(Oc4[c-]c5c(cc4)c4ccccc4n5-c4cc(C(C)(C)C)ccn4)ccc3)c3ccccc32)c([2H])c1[2H].[Pt]. The van der Waals surface area contributed by atoms with Gasteiger partial charge >= 0.3 is 0 Å². The third-order valence-electron chi connectivity index (χ3n) is 11.8. The Hall–Kier alpha value is -6.55. The molecule has 0 atom stereocenters. The molecule has 332 valence electrons. The minimum atomic E-state index is -0.759. The van der Waals surface area contributed by atoms with Gasteiger partial charge in [0.15, 0.2) is 0 Å². The van der Waals surface area contributed by atoms with Crippen LogP contribution >= 0.6 is 0 Å². The van der Waals surface area contributed by atoms with Crippen LogP contribution in [0.3, 0.4) is 0 Å². The zero-order chi connectivity index (χ0) is 54.0. The number of imidazole rings is 1. The molecule has 0 bridgehead atoms. The molecule has 66 heavy (non-hydrogen) atoms. The average Bonchev–Trinajstić information content (AvgIpc) is 3.95. The molecule has 0 aliphatic heterocycles. The van der Waals surface area contributed by atoms with Crippen LogP contribution in [0, 0.1) is 18.5 Å². The van der Waals surface area contributed by atoms with Gasteiger partial charge in [0.25, 0.3) is 6.33 Å². The second-order valence-electron chi connectivity index (χ2n) is 19.4. The quantitative estimate of drug-likeness (QED) is 0.118. The predicted molar refractivity (Wildman–Crippen MR) is 267 cm³/mol. The van der Waals surface area contributed by atoms with E-state index in [0.29, 0.717) is 39.3 Å². The zero-order valence-electron chi connectivity index (χ0n) is 48.3. The molecule has 0 aliphatic carbocycles. The number of para-hydroxylation sites is 3. The molecule has 7 aromatic carbocycles. The molecule has 6 heteroatoms. The van der Waals surface area contributed by atoms with Crippen LogP contribution in [0.5, 0.6) is 11.5 Å². The third-order valence-corrected chi connectivity index (χ3v) is 11.8. The number of benzene rings is 7. The summed E-state index contributed by atoms with van der Waals surface area (Å²) in [5.74, 6) is 1.55. The Labute approximate surface area is 417 Å². The molecule has 0 fully saturated rings. The largest absolute Gasteiger partial charge is 0.510 e. The number of pyridine rings is 1. The van der Waals surface area contributed by atoms with Gasteiger partial charge < -0.3 is 13.9 Å². The van der Waals surface area contributed by atoms with Gasteiger partial charge in [0.1, 0.15) is 5.82 Å². The van der Waals surface area contributed by atoms with E-state index in [1.54, 1.807) is 15.2 Å². The van der Waals surface area contributed by atoms with Crippen LogP contribution in [0.2, 0.25) is 0 Å². The van der Waals surface area contributed by atoms with Gasteiger partial charge in [0.05, 0.1) is 30.4 Å². The van der Waals surface area contributed by atoms with Crippen molar-refractivity contribution in [1.82, 2.24) is 14.1 Å². The average molecular weight is 1050 g/mol. The second-order valence-corrected chi connectivity index (χ2v) is 19.4. The molecule has 10 rings (SSSR count). The van der Waals surface area contributed by atoms with E-state index in [1.807, 2.05) is 121 Å². The van der Waals surface area contributed by atoms with Crippen LogP contribution in [0.25, 0.3) is 72.3 Å². The van der Waals surface area contributed by atoms with Crippen molar-refractivity contribution in [2.75, 3.05) is 0 Å². The maximum absolute atomic E-state index is 9.46. The van der Waals surface area contributed by atoms with Gasteiger partial charge in [-0.3, -0.25) is 4.57 Å². The first-order valence-electron chi connectivity index (χ1n) is 26.7. The van der Waals surface area contributed by atoms with Gasteiger partial charge in [0.2, 0.25) is 0 Å². The molecule has 0 aliphatic rings. The normalized spacial score (nSPS) is 14.3. The van der Waals surface area contributed by atoms with Crippen LogP contribution < -0.4 is 9.30 Å². The summed E-state index contributed by atoms with van der Waals surface area (Å²) >= 11 is 0. The summed E-state index contributed by atoms with van der Waals surface area (Å²) in [6.45, 7) is 18.3. The van der Waals surface area contributed by atoms with Gasteiger partial charge in [-0.25, -0.2) is 4.98 Å². The van der Waals surface area contributed by atoms with Gasteiger partial charge in [-0.2, -0.15) is 18.2 Å². The topological polar surface area (TPSA) is 35.9 Å². The van der Waals surface area contributed by atoms with Crippen molar-refractivity contribution in [3.8, 4) is 50.9 Å². The maximum Gasteiger partial charge on any atom is 0.268 e. The summed E-state index contributed by atoms with van der Waals surface area (Å²) in [7, 11) is 0. The van der Waals surface area contributed by atoms with Crippen LogP contribution in [-0.2, 0) is 37.3 Å². The summed E-state index contributed by atoms with van der Waals surface area (Å²) in [6, 6.07) is 32.9. The molecular formula is C60H54N4OPt-2. The number of nitrogens with zero attached hydrogens (tertiary/aromatic N) is 4. The second kappa shape index (κ2) is 17.0.